The van der Waals surface area contributed by atoms with Gasteiger partial charge < -0.3 is 15.2 Å². The number of para-hydroxylation sites is 1. The number of pyridine rings is 1. The second kappa shape index (κ2) is 8.87. The predicted molar refractivity (Wildman–Crippen MR) is 104 cm³/mol. The Bertz CT molecular complexity index is 807. The number of aryl methyl sites for hydroxylation is 1. The third kappa shape index (κ3) is 4.83. The fourth-order valence-electron chi connectivity index (χ4n) is 2.88. The zero-order valence-corrected chi connectivity index (χ0v) is 14.7. The summed E-state index contributed by atoms with van der Waals surface area (Å²) in [6.45, 7) is 2.72. The van der Waals surface area contributed by atoms with Crippen molar-refractivity contribution in [2.75, 3.05) is 20.1 Å². The highest BCUT2D eigenvalue weighted by atomic mass is 15.2. The number of hydrogen-bond donors (Lipinski definition) is 2. The number of benzene rings is 1. The number of aliphatic imine (C=N–C) groups is 1. The molecule has 0 radical (unpaired) electrons. The zero-order valence-electron chi connectivity index (χ0n) is 14.7. The van der Waals surface area contributed by atoms with Crippen molar-refractivity contribution in [3.05, 3.63) is 66.6 Å². The molecule has 0 spiro atoms. The Hall–Kier alpha value is -2.82. The number of aromatic nitrogens is 2. The summed E-state index contributed by atoms with van der Waals surface area (Å²) in [6, 6.07) is 14.7. The summed E-state index contributed by atoms with van der Waals surface area (Å²) in [5, 5.41) is 8.02. The van der Waals surface area contributed by atoms with Gasteiger partial charge in [-0.25, -0.2) is 0 Å². The molecule has 0 saturated carbocycles. The Morgan fingerprint density at radius 1 is 1.08 bits per heavy atom. The van der Waals surface area contributed by atoms with Crippen molar-refractivity contribution in [3.63, 3.8) is 0 Å². The summed E-state index contributed by atoms with van der Waals surface area (Å²) in [7, 11) is 1.80. The van der Waals surface area contributed by atoms with Crippen LogP contribution in [0.4, 0.5) is 0 Å². The average Bonchev–Trinajstić information content (AvgIpc) is 3.08. The summed E-state index contributed by atoms with van der Waals surface area (Å²) in [6.07, 6.45) is 7.84. The molecule has 0 fully saturated rings. The molecule has 1 aromatic carbocycles. The molecule has 0 unspecified atom stereocenters. The maximum atomic E-state index is 4.28. The van der Waals surface area contributed by atoms with Crippen LogP contribution in [-0.2, 0) is 13.0 Å². The number of fused-ring (bicyclic) bond motifs is 1. The molecular weight excluding hydrogens is 310 g/mol. The third-order valence-electron chi connectivity index (χ3n) is 4.20. The number of guanidine groups is 1. The van der Waals surface area contributed by atoms with E-state index < -0.39 is 0 Å². The highest BCUT2D eigenvalue weighted by Gasteiger charge is 2.01. The first kappa shape index (κ1) is 17.0. The van der Waals surface area contributed by atoms with E-state index in [1.807, 2.05) is 12.3 Å². The summed E-state index contributed by atoms with van der Waals surface area (Å²) in [4.78, 5) is 8.41. The van der Waals surface area contributed by atoms with Crippen molar-refractivity contribution in [1.82, 2.24) is 20.2 Å². The minimum absolute atomic E-state index is 0.841. The molecule has 2 N–H and O–H groups in total. The summed E-state index contributed by atoms with van der Waals surface area (Å²) in [5.74, 6) is 0.848. The van der Waals surface area contributed by atoms with Crippen LogP contribution in [-0.4, -0.2) is 35.6 Å². The Kier molecular flexibility index (Phi) is 6.04. The molecule has 0 bridgehead atoms. The molecule has 5 heteroatoms. The van der Waals surface area contributed by atoms with Gasteiger partial charge in [0.2, 0.25) is 0 Å². The molecule has 25 heavy (non-hydrogen) atoms. The normalized spacial score (nSPS) is 11.6. The van der Waals surface area contributed by atoms with Gasteiger partial charge in [0.25, 0.3) is 0 Å². The zero-order chi connectivity index (χ0) is 17.3. The lowest BCUT2D eigenvalue weighted by Gasteiger charge is -2.12. The molecule has 130 valence electrons. The Morgan fingerprint density at radius 3 is 2.80 bits per heavy atom. The number of nitrogens with zero attached hydrogens (tertiary/aromatic N) is 3. The third-order valence-corrected chi connectivity index (χ3v) is 4.20. The molecule has 5 nitrogen and oxygen atoms in total. The summed E-state index contributed by atoms with van der Waals surface area (Å²) >= 11 is 0. The van der Waals surface area contributed by atoms with Gasteiger partial charge in [0, 0.05) is 50.8 Å². The van der Waals surface area contributed by atoms with Gasteiger partial charge in [-0.1, -0.05) is 24.3 Å². The van der Waals surface area contributed by atoms with E-state index in [9.17, 15) is 0 Å². The quantitative estimate of drug-likeness (QED) is 0.397. The predicted octanol–water partition coefficient (Wildman–Crippen LogP) is 2.83. The number of nitrogens with one attached hydrogen (secondary N) is 2. The van der Waals surface area contributed by atoms with Gasteiger partial charge in [0.15, 0.2) is 5.96 Å². The summed E-state index contributed by atoms with van der Waals surface area (Å²) in [5.41, 5.74) is 2.52. The molecule has 0 saturated heterocycles. The fraction of sp³-hybridized carbons (Fsp3) is 0.300. The molecule has 0 amide bonds. The Morgan fingerprint density at radius 2 is 1.96 bits per heavy atom. The van der Waals surface area contributed by atoms with Crippen LogP contribution in [0.25, 0.3) is 10.9 Å². The molecule has 0 aliphatic rings. The van der Waals surface area contributed by atoms with Crippen LogP contribution >= 0.6 is 0 Å². The van der Waals surface area contributed by atoms with E-state index >= 15 is 0 Å². The average molecular weight is 335 g/mol. The lowest BCUT2D eigenvalue weighted by Crippen LogP contribution is -2.38. The van der Waals surface area contributed by atoms with Gasteiger partial charge >= 0.3 is 0 Å². The molecule has 3 rings (SSSR count). The van der Waals surface area contributed by atoms with Gasteiger partial charge in [-0.3, -0.25) is 9.98 Å². The molecule has 3 aromatic rings. The van der Waals surface area contributed by atoms with Crippen LogP contribution < -0.4 is 10.6 Å². The topological polar surface area (TPSA) is 54.2 Å². The van der Waals surface area contributed by atoms with Gasteiger partial charge in [0.05, 0.1) is 0 Å². The van der Waals surface area contributed by atoms with E-state index in [1.54, 1.807) is 13.2 Å². The van der Waals surface area contributed by atoms with Crippen LogP contribution in [0.2, 0.25) is 0 Å². The van der Waals surface area contributed by atoms with E-state index in [0.29, 0.717) is 0 Å². The fourth-order valence-corrected chi connectivity index (χ4v) is 2.88. The first-order valence-corrected chi connectivity index (χ1v) is 8.74. The minimum atomic E-state index is 0.841. The Balaban J connectivity index is 1.38. The lowest BCUT2D eigenvalue weighted by atomic mass is 10.2. The molecular formula is C20H25N5. The highest BCUT2D eigenvalue weighted by molar-refractivity contribution is 5.80. The van der Waals surface area contributed by atoms with E-state index in [0.717, 1.165) is 38.4 Å². The van der Waals surface area contributed by atoms with E-state index in [2.05, 4.69) is 67.8 Å². The van der Waals surface area contributed by atoms with E-state index in [-0.39, 0.29) is 0 Å². The largest absolute Gasteiger partial charge is 0.356 e. The molecule has 2 heterocycles. The van der Waals surface area contributed by atoms with Gasteiger partial charge in [-0.15, -0.1) is 0 Å². The monoisotopic (exact) mass is 335 g/mol. The van der Waals surface area contributed by atoms with Crippen molar-refractivity contribution < 1.29 is 0 Å². The minimum Gasteiger partial charge on any atom is -0.356 e. The highest BCUT2D eigenvalue weighted by Crippen LogP contribution is 2.15. The van der Waals surface area contributed by atoms with Crippen LogP contribution in [0.5, 0.6) is 0 Å². The first-order valence-electron chi connectivity index (χ1n) is 8.74. The van der Waals surface area contributed by atoms with Gasteiger partial charge in [0.1, 0.15) is 0 Å². The van der Waals surface area contributed by atoms with Crippen molar-refractivity contribution in [2.24, 2.45) is 4.99 Å². The van der Waals surface area contributed by atoms with E-state index in [1.165, 1.54) is 16.5 Å². The van der Waals surface area contributed by atoms with Crippen molar-refractivity contribution in [2.45, 2.75) is 19.4 Å². The second-order valence-electron chi connectivity index (χ2n) is 5.96. The van der Waals surface area contributed by atoms with Gasteiger partial charge in [-0.05, 0) is 42.0 Å². The lowest BCUT2D eigenvalue weighted by molar-refractivity contribution is 0.640. The van der Waals surface area contributed by atoms with Crippen LogP contribution in [0.15, 0.2) is 66.0 Å². The number of rotatable bonds is 7. The Labute approximate surface area is 148 Å². The number of hydrogen-bond acceptors (Lipinski definition) is 2. The van der Waals surface area contributed by atoms with Gasteiger partial charge in [-0.2, -0.15) is 0 Å². The van der Waals surface area contributed by atoms with Crippen LogP contribution in [0, 0.1) is 0 Å². The second-order valence-corrected chi connectivity index (χ2v) is 5.96. The van der Waals surface area contributed by atoms with E-state index in [4.69, 9.17) is 0 Å². The maximum absolute atomic E-state index is 4.28. The van der Waals surface area contributed by atoms with Crippen molar-refractivity contribution in [3.8, 4) is 0 Å². The van der Waals surface area contributed by atoms with Crippen LogP contribution in [0.3, 0.4) is 0 Å². The van der Waals surface area contributed by atoms with Crippen LogP contribution in [0.1, 0.15) is 12.0 Å². The molecule has 0 atom stereocenters. The molecule has 2 aromatic heterocycles. The van der Waals surface area contributed by atoms with Crippen molar-refractivity contribution >= 4 is 16.9 Å². The smallest absolute Gasteiger partial charge is 0.190 e. The SMILES string of the molecule is CN=C(NCCCn1ccc2ccccc21)NCCc1cccnc1. The maximum Gasteiger partial charge on any atom is 0.190 e. The van der Waals surface area contributed by atoms with Crippen molar-refractivity contribution in [1.29, 1.82) is 0 Å². The molecule has 0 aliphatic carbocycles. The standard InChI is InChI=1S/C20H25N5/c1-21-20(24-13-9-17-6-4-11-22-16-17)23-12-5-14-25-15-10-18-7-2-3-8-19(18)25/h2-4,6-8,10-11,15-16H,5,9,12-14H2,1H3,(H2,21,23,24). The molecule has 0 aliphatic heterocycles. The summed E-state index contributed by atoms with van der Waals surface area (Å²) < 4.78 is 2.30. The first-order chi connectivity index (χ1) is 12.4.